The van der Waals surface area contributed by atoms with Crippen LogP contribution in [-0.2, 0) is 15.0 Å². The molecule has 1 saturated heterocycles. The second-order valence-corrected chi connectivity index (χ2v) is 9.68. The minimum absolute atomic E-state index is 0.0115. The number of carbonyl (C=O) groups is 2. The summed E-state index contributed by atoms with van der Waals surface area (Å²) in [6, 6.07) is 21.0. The average molecular weight is 486 g/mol. The van der Waals surface area contributed by atoms with Crippen molar-refractivity contribution in [1.29, 1.82) is 0 Å². The van der Waals surface area contributed by atoms with Gasteiger partial charge in [-0.3, -0.25) is 14.5 Å². The number of Topliss-reactive ketones (excluding diaryl/α,β-unsaturated/α-hetero) is 1. The Bertz CT molecular complexity index is 1320. The van der Waals surface area contributed by atoms with E-state index in [0.29, 0.717) is 34.9 Å². The zero-order valence-electron chi connectivity index (χ0n) is 21.2. The molecule has 0 spiro atoms. The maximum Gasteiger partial charge on any atom is 0.300 e. The van der Waals surface area contributed by atoms with Gasteiger partial charge in [0, 0.05) is 11.8 Å². The number of ketones is 1. The van der Waals surface area contributed by atoms with Crippen LogP contribution in [0.3, 0.4) is 0 Å². The van der Waals surface area contributed by atoms with Crippen LogP contribution in [0.5, 0.6) is 11.5 Å². The van der Waals surface area contributed by atoms with Crippen LogP contribution in [0.1, 0.15) is 50.4 Å². The Hall–Kier alpha value is -4.06. The van der Waals surface area contributed by atoms with Gasteiger partial charge in [-0.25, -0.2) is 0 Å². The number of methoxy groups -OCH3 is 1. The number of rotatable bonds is 6. The van der Waals surface area contributed by atoms with Crippen molar-refractivity contribution in [3.05, 3.63) is 95.1 Å². The Morgan fingerprint density at radius 1 is 0.972 bits per heavy atom. The van der Waals surface area contributed by atoms with Crippen molar-refractivity contribution >= 4 is 23.1 Å². The molecule has 1 aliphatic rings. The highest BCUT2D eigenvalue weighted by Crippen LogP contribution is 2.44. The number of carbonyl (C=O) groups excluding carboxylic acids is 2. The Balaban J connectivity index is 1.96. The van der Waals surface area contributed by atoms with E-state index in [1.54, 1.807) is 30.3 Å². The van der Waals surface area contributed by atoms with Gasteiger partial charge in [0.1, 0.15) is 17.3 Å². The molecular formula is C30H31NO5. The van der Waals surface area contributed by atoms with E-state index in [1.165, 1.54) is 12.0 Å². The van der Waals surface area contributed by atoms with Gasteiger partial charge >= 0.3 is 0 Å². The minimum atomic E-state index is -0.828. The molecule has 1 atom stereocenters. The summed E-state index contributed by atoms with van der Waals surface area (Å²) >= 11 is 0. The van der Waals surface area contributed by atoms with Gasteiger partial charge in [-0.15, -0.1) is 0 Å². The molecule has 1 unspecified atom stereocenters. The van der Waals surface area contributed by atoms with Crippen molar-refractivity contribution in [1.82, 2.24) is 0 Å². The van der Waals surface area contributed by atoms with Crippen LogP contribution < -0.4 is 14.4 Å². The van der Waals surface area contributed by atoms with E-state index in [0.717, 1.165) is 5.56 Å². The van der Waals surface area contributed by atoms with Crippen molar-refractivity contribution in [2.24, 2.45) is 0 Å². The van der Waals surface area contributed by atoms with Crippen molar-refractivity contribution < 1.29 is 24.2 Å². The van der Waals surface area contributed by atoms with Crippen LogP contribution in [0.4, 0.5) is 5.69 Å². The Labute approximate surface area is 211 Å². The first-order valence-electron chi connectivity index (χ1n) is 11.9. The third-order valence-corrected chi connectivity index (χ3v) is 6.29. The normalized spacial score (nSPS) is 17.4. The van der Waals surface area contributed by atoms with Crippen molar-refractivity contribution in [3.63, 3.8) is 0 Å². The number of hydrogen-bond donors (Lipinski definition) is 1. The van der Waals surface area contributed by atoms with Crippen molar-refractivity contribution in [2.45, 2.75) is 39.2 Å². The molecule has 1 amide bonds. The van der Waals surface area contributed by atoms with E-state index in [4.69, 9.17) is 9.47 Å². The summed E-state index contributed by atoms with van der Waals surface area (Å²) in [5.41, 5.74) is 2.34. The SMILES string of the molecule is CCOc1cccc(N2C(=O)C(=O)/C(=C(/O)c3cc(C(C)(C)C)ccc3OC)C2c2ccccc2)c1. The summed E-state index contributed by atoms with van der Waals surface area (Å²) in [6.45, 7) is 8.53. The second kappa shape index (κ2) is 9.90. The number of anilines is 1. The lowest BCUT2D eigenvalue weighted by atomic mass is 9.85. The first kappa shape index (κ1) is 25.0. The van der Waals surface area contributed by atoms with E-state index < -0.39 is 17.7 Å². The molecule has 0 saturated carbocycles. The Kier molecular flexibility index (Phi) is 6.88. The molecule has 1 aliphatic heterocycles. The van der Waals surface area contributed by atoms with Gasteiger partial charge in [0.05, 0.1) is 30.9 Å². The van der Waals surface area contributed by atoms with Crippen molar-refractivity contribution in [3.8, 4) is 11.5 Å². The van der Waals surface area contributed by atoms with Gasteiger partial charge in [-0.1, -0.05) is 63.2 Å². The van der Waals surface area contributed by atoms with E-state index >= 15 is 0 Å². The fourth-order valence-corrected chi connectivity index (χ4v) is 4.44. The van der Waals surface area contributed by atoms with E-state index in [9.17, 15) is 14.7 Å². The molecule has 6 heteroatoms. The summed E-state index contributed by atoms with van der Waals surface area (Å²) in [7, 11) is 1.51. The first-order chi connectivity index (χ1) is 17.2. The molecule has 186 valence electrons. The van der Waals surface area contributed by atoms with Gasteiger partial charge in [0.15, 0.2) is 0 Å². The summed E-state index contributed by atoms with van der Waals surface area (Å²) in [4.78, 5) is 28.4. The monoisotopic (exact) mass is 485 g/mol. The standard InChI is InChI=1S/C30H31NO5/c1-6-36-22-14-10-13-21(18-22)31-26(19-11-8-7-9-12-19)25(28(33)29(31)34)27(32)23-17-20(30(2,3)4)15-16-24(23)35-5/h7-18,26,32H,6H2,1-5H3/b27-25+. The van der Waals surface area contributed by atoms with Crippen LogP contribution in [0.2, 0.25) is 0 Å². The number of aliphatic hydroxyl groups is 1. The molecule has 1 fully saturated rings. The summed E-state index contributed by atoms with van der Waals surface area (Å²) in [5.74, 6) is -0.745. The Morgan fingerprint density at radius 2 is 1.69 bits per heavy atom. The highest BCUT2D eigenvalue weighted by atomic mass is 16.5. The highest BCUT2D eigenvalue weighted by molar-refractivity contribution is 6.51. The molecule has 36 heavy (non-hydrogen) atoms. The summed E-state index contributed by atoms with van der Waals surface area (Å²) in [6.07, 6.45) is 0. The molecule has 3 aromatic rings. The zero-order chi connectivity index (χ0) is 26.0. The summed E-state index contributed by atoms with van der Waals surface area (Å²) in [5, 5.41) is 11.6. The maximum atomic E-state index is 13.5. The smallest absolute Gasteiger partial charge is 0.300 e. The molecule has 0 aromatic heterocycles. The number of nitrogens with zero attached hydrogens (tertiary/aromatic N) is 1. The predicted molar refractivity (Wildman–Crippen MR) is 141 cm³/mol. The minimum Gasteiger partial charge on any atom is -0.507 e. The third kappa shape index (κ3) is 4.59. The van der Waals surface area contributed by atoms with Crippen LogP contribution >= 0.6 is 0 Å². The predicted octanol–water partition coefficient (Wildman–Crippen LogP) is 6.02. The summed E-state index contributed by atoms with van der Waals surface area (Å²) < 4.78 is 11.2. The molecule has 1 N–H and O–H groups in total. The van der Waals surface area contributed by atoms with Crippen molar-refractivity contribution in [2.75, 3.05) is 18.6 Å². The van der Waals surface area contributed by atoms with Crippen LogP contribution in [0, 0.1) is 0 Å². The lowest BCUT2D eigenvalue weighted by Gasteiger charge is -2.26. The number of amides is 1. The average Bonchev–Trinajstić information content (AvgIpc) is 3.14. The Morgan fingerprint density at radius 3 is 2.33 bits per heavy atom. The number of benzene rings is 3. The van der Waals surface area contributed by atoms with E-state index in [2.05, 4.69) is 20.8 Å². The molecule has 1 heterocycles. The molecule has 3 aromatic carbocycles. The first-order valence-corrected chi connectivity index (χ1v) is 11.9. The highest BCUT2D eigenvalue weighted by Gasteiger charge is 2.47. The van der Waals surface area contributed by atoms with Gasteiger partial charge < -0.3 is 14.6 Å². The second-order valence-electron chi connectivity index (χ2n) is 9.68. The van der Waals surface area contributed by atoms with Crippen LogP contribution in [-0.4, -0.2) is 30.5 Å². The molecule has 6 nitrogen and oxygen atoms in total. The van der Waals surface area contributed by atoms with E-state index in [-0.39, 0.29) is 16.7 Å². The zero-order valence-corrected chi connectivity index (χ0v) is 21.2. The lowest BCUT2D eigenvalue weighted by Crippen LogP contribution is -2.29. The number of hydrogen-bond acceptors (Lipinski definition) is 5. The molecule has 0 aliphatic carbocycles. The quantitative estimate of drug-likeness (QED) is 0.263. The largest absolute Gasteiger partial charge is 0.507 e. The van der Waals surface area contributed by atoms with Crippen LogP contribution in [0.25, 0.3) is 5.76 Å². The number of aliphatic hydroxyl groups excluding tert-OH is 1. The van der Waals surface area contributed by atoms with Crippen LogP contribution in [0.15, 0.2) is 78.4 Å². The fraction of sp³-hybridized carbons (Fsp3) is 0.267. The fourth-order valence-electron chi connectivity index (χ4n) is 4.44. The van der Waals surface area contributed by atoms with E-state index in [1.807, 2.05) is 49.4 Å². The molecule has 4 rings (SSSR count). The number of ether oxygens (including phenoxy) is 2. The van der Waals surface area contributed by atoms with Gasteiger partial charge in [0.25, 0.3) is 11.7 Å². The third-order valence-electron chi connectivity index (χ3n) is 6.29. The molecule has 0 radical (unpaired) electrons. The van der Waals surface area contributed by atoms with Gasteiger partial charge in [0.2, 0.25) is 0 Å². The van der Waals surface area contributed by atoms with Gasteiger partial charge in [-0.05, 0) is 47.7 Å². The molecular weight excluding hydrogens is 454 g/mol. The maximum absolute atomic E-state index is 13.5. The topological polar surface area (TPSA) is 76.1 Å². The molecule has 0 bridgehead atoms. The van der Waals surface area contributed by atoms with Gasteiger partial charge in [-0.2, -0.15) is 0 Å². The lowest BCUT2D eigenvalue weighted by molar-refractivity contribution is -0.132.